The van der Waals surface area contributed by atoms with Crippen LogP contribution in [0, 0.1) is 5.82 Å². The molecule has 92 valence electrons. The lowest BCUT2D eigenvalue weighted by atomic mass is 10.1. The molecule has 0 atom stereocenters. The molecule has 0 aliphatic carbocycles. The molecule has 1 N–H and O–H groups in total. The van der Waals surface area contributed by atoms with Gasteiger partial charge >= 0.3 is 0 Å². The summed E-state index contributed by atoms with van der Waals surface area (Å²) in [6.07, 6.45) is 0. The monoisotopic (exact) mass is 255 g/mol. The van der Waals surface area contributed by atoms with Gasteiger partial charge in [-0.3, -0.25) is 0 Å². The predicted octanol–water partition coefficient (Wildman–Crippen LogP) is 3.62. The van der Waals surface area contributed by atoms with Crippen molar-refractivity contribution in [3.05, 3.63) is 48.0 Å². The van der Waals surface area contributed by atoms with E-state index in [4.69, 9.17) is 4.42 Å². The van der Waals surface area contributed by atoms with Crippen LogP contribution in [0.3, 0.4) is 0 Å². The van der Waals surface area contributed by atoms with Gasteiger partial charge in [-0.05, 0) is 30.8 Å². The van der Waals surface area contributed by atoms with E-state index >= 15 is 0 Å². The number of hydrogen-bond donors (Lipinski definition) is 1. The second kappa shape index (κ2) is 6.42. The number of benzene rings is 1. The average molecular weight is 256 g/mol. The Balaban J connectivity index is 0.00000144. The summed E-state index contributed by atoms with van der Waals surface area (Å²) >= 11 is 0. The topological polar surface area (TPSA) is 25.2 Å². The highest BCUT2D eigenvalue weighted by Gasteiger charge is 2.08. The average Bonchev–Trinajstić information content (AvgIpc) is 2.75. The van der Waals surface area contributed by atoms with E-state index in [1.54, 1.807) is 24.3 Å². The lowest BCUT2D eigenvalue weighted by Gasteiger charge is -1.99. The maximum absolute atomic E-state index is 13.5. The van der Waals surface area contributed by atoms with Crippen molar-refractivity contribution in [1.82, 2.24) is 5.32 Å². The SMILES string of the molecule is CCNCc1ccc(-c2ccccc2F)o1.Cl. The third-order valence-corrected chi connectivity index (χ3v) is 2.35. The molecule has 0 amide bonds. The molecule has 0 aliphatic rings. The van der Waals surface area contributed by atoms with Crippen LogP contribution in [0.4, 0.5) is 4.39 Å². The van der Waals surface area contributed by atoms with Gasteiger partial charge in [-0.2, -0.15) is 0 Å². The zero-order valence-corrected chi connectivity index (χ0v) is 10.4. The second-order valence-corrected chi connectivity index (χ2v) is 3.53. The lowest BCUT2D eigenvalue weighted by Crippen LogP contribution is -2.10. The van der Waals surface area contributed by atoms with E-state index in [-0.39, 0.29) is 18.2 Å². The standard InChI is InChI=1S/C13H14FNO.ClH/c1-2-15-9-10-7-8-13(16-10)11-5-3-4-6-12(11)14;/h3-8,15H,2,9H2,1H3;1H. The maximum Gasteiger partial charge on any atom is 0.137 e. The fourth-order valence-electron chi connectivity index (χ4n) is 1.53. The molecule has 1 aromatic carbocycles. The second-order valence-electron chi connectivity index (χ2n) is 3.53. The van der Waals surface area contributed by atoms with Crippen molar-refractivity contribution in [3.8, 4) is 11.3 Å². The Morgan fingerprint density at radius 1 is 1.18 bits per heavy atom. The van der Waals surface area contributed by atoms with Crippen molar-refractivity contribution >= 4 is 12.4 Å². The van der Waals surface area contributed by atoms with Crippen LogP contribution in [0.25, 0.3) is 11.3 Å². The molecular weight excluding hydrogens is 241 g/mol. The summed E-state index contributed by atoms with van der Waals surface area (Å²) in [5, 5.41) is 3.16. The molecule has 2 nitrogen and oxygen atoms in total. The molecule has 17 heavy (non-hydrogen) atoms. The van der Waals surface area contributed by atoms with Crippen molar-refractivity contribution in [1.29, 1.82) is 0 Å². The van der Waals surface area contributed by atoms with Crippen LogP contribution in [0.5, 0.6) is 0 Å². The first-order valence-electron chi connectivity index (χ1n) is 5.35. The van der Waals surface area contributed by atoms with Gasteiger partial charge in [0.15, 0.2) is 0 Å². The first-order chi connectivity index (χ1) is 7.81. The van der Waals surface area contributed by atoms with Gasteiger partial charge in [0.2, 0.25) is 0 Å². The van der Waals surface area contributed by atoms with Gasteiger partial charge in [-0.1, -0.05) is 19.1 Å². The van der Waals surface area contributed by atoms with Crippen molar-refractivity contribution in [3.63, 3.8) is 0 Å². The fourth-order valence-corrected chi connectivity index (χ4v) is 1.53. The summed E-state index contributed by atoms with van der Waals surface area (Å²) in [5.74, 6) is 1.14. The third-order valence-electron chi connectivity index (χ3n) is 2.35. The number of furan rings is 1. The van der Waals surface area contributed by atoms with E-state index in [1.165, 1.54) is 6.07 Å². The van der Waals surface area contributed by atoms with Gasteiger partial charge in [0, 0.05) is 0 Å². The van der Waals surface area contributed by atoms with Crippen LogP contribution in [0.2, 0.25) is 0 Å². The minimum absolute atomic E-state index is 0. The first kappa shape index (κ1) is 13.7. The van der Waals surface area contributed by atoms with E-state index in [9.17, 15) is 4.39 Å². The zero-order chi connectivity index (χ0) is 11.4. The highest BCUT2D eigenvalue weighted by molar-refractivity contribution is 5.85. The van der Waals surface area contributed by atoms with Crippen LogP contribution in [0.15, 0.2) is 40.8 Å². The van der Waals surface area contributed by atoms with Crippen molar-refractivity contribution in [2.45, 2.75) is 13.5 Å². The molecule has 0 spiro atoms. The molecule has 0 unspecified atom stereocenters. The van der Waals surface area contributed by atoms with Gasteiger partial charge < -0.3 is 9.73 Å². The Hall–Kier alpha value is -1.32. The zero-order valence-electron chi connectivity index (χ0n) is 9.57. The molecular formula is C13H15ClFNO. The van der Waals surface area contributed by atoms with E-state index in [1.807, 2.05) is 13.0 Å². The molecule has 2 aromatic rings. The molecule has 0 saturated carbocycles. The van der Waals surface area contributed by atoms with Gasteiger partial charge in [0.25, 0.3) is 0 Å². The van der Waals surface area contributed by atoms with Crippen molar-refractivity contribution in [2.24, 2.45) is 0 Å². The van der Waals surface area contributed by atoms with Gasteiger partial charge in [0.1, 0.15) is 17.3 Å². The van der Waals surface area contributed by atoms with Gasteiger partial charge in [-0.15, -0.1) is 12.4 Å². The Kier molecular flexibility index (Phi) is 5.19. The summed E-state index contributed by atoms with van der Waals surface area (Å²) in [6, 6.07) is 10.3. The molecule has 1 aromatic heterocycles. The smallest absolute Gasteiger partial charge is 0.137 e. The predicted molar refractivity (Wildman–Crippen MR) is 68.7 cm³/mol. The largest absolute Gasteiger partial charge is 0.460 e. The summed E-state index contributed by atoms with van der Waals surface area (Å²) < 4.78 is 19.0. The number of nitrogens with one attached hydrogen (secondary N) is 1. The van der Waals surface area contributed by atoms with Crippen LogP contribution in [-0.4, -0.2) is 6.54 Å². The Morgan fingerprint density at radius 3 is 2.65 bits per heavy atom. The lowest BCUT2D eigenvalue weighted by molar-refractivity contribution is 0.495. The number of rotatable bonds is 4. The van der Waals surface area contributed by atoms with Crippen molar-refractivity contribution in [2.75, 3.05) is 6.54 Å². The number of halogens is 2. The Bertz CT molecular complexity index is 470. The molecule has 0 bridgehead atoms. The molecule has 0 radical (unpaired) electrons. The summed E-state index contributed by atoms with van der Waals surface area (Å²) in [6.45, 7) is 3.58. The van der Waals surface area contributed by atoms with Crippen molar-refractivity contribution < 1.29 is 8.81 Å². The molecule has 0 fully saturated rings. The van der Waals surface area contributed by atoms with E-state index in [2.05, 4.69) is 5.32 Å². The summed E-state index contributed by atoms with van der Waals surface area (Å²) in [5.41, 5.74) is 0.505. The normalized spacial score (nSPS) is 10.0. The maximum atomic E-state index is 13.5. The molecule has 0 aliphatic heterocycles. The van der Waals surface area contributed by atoms with E-state index in [0.717, 1.165) is 12.3 Å². The highest BCUT2D eigenvalue weighted by Crippen LogP contribution is 2.24. The Morgan fingerprint density at radius 2 is 1.94 bits per heavy atom. The summed E-state index contributed by atoms with van der Waals surface area (Å²) in [4.78, 5) is 0. The minimum atomic E-state index is -0.258. The molecule has 0 saturated heterocycles. The van der Waals surface area contributed by atoms with Crippen LogP contribution in [0.1, 0.15) is 12.7 Å². The first-order valence-corrected chi connectivity index (χ1v) is 5.35. The van der Waals surface area contributed by atoms with E-state index in [0.29, 0.717) is 17.9 Å². The third kappa shape index (κ3) is 3.32. The van der Waals surface area contributed by atoms with Gasteiger partial charge in [0.05, 0.1) is 12.1 Å². The van der Waals surface area contributed by atoms with Crippen LogP contribution < -0.4 is 5.32 Å². The highest BCUT2D eigenvalue weighted by atomic mass is 35.5. The fraction of sp³-hybridized carbons (Fsp3) is 0.231. The molecule has 1 heterocycles. The molecule has 4 heteroatoms. The van der Waals surface area contributed by atoms with Gasteiger partial charge in [-0.25, -0.2) is 4.39 Å². The number of hydrogen-bond acceptors (Lipinski definition) is 2. The minimum Gasteiger partial charge on any atom is -0.460 e. The summed E-state index contributed by atoms with van der Waals surface area (Å²) in [7, 11) is 0. The Labute approximate surface area is 106 Å². The van der Waals surface area contributed by atoms with Crippen LogP contribution >= 0.6 is 12.4 Å². The van der Waals surface area contributed by atoms with E-state index < -0.39 is 0 Å². The molecule has 2 rings (SSSR count). The van der Waals surface area contributed by atoms with Crippen LogP contribution in [-0.2, 0) is 6.54 Å². The quantitative estimate of drug-likeness (QED) is 0.903.